The first kappa shape index (κ1) is 16.0. The summed E-state index contributed by atoms with van der Waals surface area (Å²) in [7, 11) is 0. The Hall–Kier alpha value is -1.33. The zero-order valence-electron chi connectivity index (χ0n) is 13.0. The molecule has 0 aliphatic rings. The second-order valence-electron chi connectivity index (χ2n) is 5.86. The van der Waals surface area contributed by atoms with Crippen LogP contribution in [0.3, 0.4) is 0 Å². The van der Waals surface area contributed by atoms with Gasteiger partial charge in [0, 0.05) is 27.1 Å². The van der Waals surface area contributed by atoms with Gasteiger partial charge in [0.25, 0.3) is 5.91 Å². The molecule has 0 radical (unpaired) electrons. The minimum Gasteiger partial charge on any atom is -0.292 e. The third-order valence-electron chi connectivity index (χ3n) is 2.94. The molecule has 3 nitrogen and oxygen atoms in total. The molecule has 5 heteroatoms. The zero-order chi connectivity index (χ0) is 15.6. The van der Waals surface area contributed by atoms with Crippen molar-refractivity contribution >= 4 is 29.0 Å². The summed E-state index contributed by atoms with van der Waals surface area (Å²) in [4.78, 5) is 19.5. The first-order valence-corrected chi connectivity index (χ1v) is 8.78. The average Bonchev–Trinajstić information content (AvgIpc) is 2.78. The number of thiazole rings is 1. The van der Waals surface area contributed by atoms with E-state index >= 15 is 0 Å². The molecule has 0 fully saturated rings. The van der Waals surface area contributed by atoms with Crippen LogP contribution in [0.5, 0.6) is 0 Å². The number of hydrogen-bond donors (Lipinski definition) is 0. The minimum atomic E-state index is -0.461. The summed E-state index contributed by atoms with van der Waals surface area (Å²) in [6.45, 7) is 7.69. The van der Waals surface area contributed by atoms with Gasteiger partial charge in [0.15, 0.2) is 4.80 Å². The third-order valence-corrected chi connectivity index (χ3v) is 4.56. The molecule has 0 aliphatic heterocycles. The lowest BCUT2D eigenvalue weighted by Crippen LogP contribution is -2.22. The third kappa shape index (κ3) is 3.86. The smallest absolute Gasteiger partial charge is 0.253 e. The molecule has 2 rings (SSSR count). The van der Waals surface area contributed by atoms with Crippen molar-refractivity contribution in [3.63, 3.8) is 0 Å². The monoisotopic (exact) mass is 320 g/mol. The number of thioether (sulfide) groups is 1. The molecule has 1 aromatic carbocycles. The van der Waals surface area contributed by atoms with Crippen LogP contribution in [0.4, 0.5) is 0 Å². The Balaban J connectivity index is 2.56. The van der Waals surface area contributed by atoms with Gasteiger partial charge in [-0.05, 0) is 31.4 Å². The highest BCUT2D eigenvalue weighted by molar-refractivity contribution is 7.98. The van der Waals surface area contributed by atoms with E-state index in [1.54, 1.807) is 11.8 Å². The number of aromatic nitrogens is 1. The van der Waals surface area contributed by atoms with Crippen LogP contribution < -0.4 is 4.80 Å². The number of benzene rings is 1. The summed E-state index contributed by atoms with van der Waals surface area (Å²) in [5.41, 5.74) is 0.572. The predicted molar refractivity (Wildman–Crippen MR) is 90.2 cm³/mol. The Morgan fingerprint density at radius 3 is 2.67 bits per heavy atom. The van der Waals surface area contributed by atoms with E-state index in [-0.39, 0.29) is 5.91 Å². The maximum Gasteiger partial charge on any atom is 0.253 e. The van der Waals surface area contributed by atoms with Crippen molar-refractivity contribution in [2.24, 2.45) is 10.4 Å². The molecule has 0 unspecified atom stereocenters. The Kier molecular flexibility index (Phi) is 4.74. The lowest BCUT2D eigenvalue weighted by atomic mass is 9.96. The van der Waals surface area contributed by atoms with E-state index in [2.05, 4.69) is 23.4 Å². The van der Waals surface area contributed by atoms with Crippen molar-refractivity contribution in [2.45, 2.75) is 32.6 Å². The molecule has 0 spiro atoms. The van der Waals surface area contributed by atoms with Gasteiger partial charge in [-0.25, -0.2) is 0 Å². The standard InChI is InChI=1S/C16H20N2OS2/c1-11-10-18(12-7-6-8-13(9-12)20-5)15(21-11)17-14(19)16(2,3)4/h6-10H,1-5H3. The quantitative estimate of drug-likeness (QED) is 0.783. The van der Waals surface area contributed by atoms with E-state index < -0.39 is 5.41 Å². The molecule has 0 aliphatic carbocycles. The molecule has 112 valence electrons. The highest BCUT2D eigenvalue weighted by atomic mass is 32.2. The van der Waals surface area contributed by atoms with E-state index in [4.69, 9.17) is 0 Å². The van der Waals surface area contributed by atoms with Crippen LogP contribution in [0.1, 0.15) is 25.6 Å². The lowest BCUT2D eigenvalue weighted by Gasteiger charge is -2.12. The molecule has 21 heavy (non-hydrogen) atoms. The molecule has 1 amide bonds. The van der Waals surface area contributed by atoms with Gasteiger partial charge in [-0.1, -0.05) is 26.8 Å². The summed E-state index contributed by atoms with van der Waals surface area (Å²) in [6.07, 6.45) is 4.08. The molecule has 1 aromatic heterocycles. The lowest BCUT2D eigenvalue weighted by molar-refractivity contribution is -0.125. The molecule has 0 atom stereocenters. The SMILES string of the molecule is CSc1cccc(-n2cc(C)sc2=NC(=O)C(C)(C)C)c1. The molecule has 0 saturated carbocycles. The van der Waals surface area contributed by atoms with Crippen molar-refractivity contribution in [1.82, 2.24) is 4.57 Å². The summed E-state index contributed by atoms with van der Waals surface area (Å²) < 4.78 is 1.99. The van der Waals surface area contributed by atoms with Gasteiger partial charge in [-0.15, -0.1) is 23.1 Å². The van der Waals surface area contributed by atoms with Crippen LogP contribution >= 0.6 is 23.1 Å². The predicted octanol–water partition coefficient (Wildman–Crippen LogP) is 4.04. The van der Waals surface area contributed by atoms with E-state index in [1.165, 1.54) is 16.2 Å². The Morgan fingerprint density at radius 1 is 1.33 bits per heavy atom. The molecule has 2 aromatic rings. The first-order chi connectivity index (χ1) is 9.81. The number of rotatable bonds is 2. The average molecular weight is 320 g/mol. The number of carbonyl (C=O) groups excluding carboxylic acids is 1. The number of carbonyl (C=O) groups is 1. The van der Waals surface area contributed by atoms with Crippen LogP contribution in [-0.2, 0) is 4.79 Å². The Bertz CT molecular complexity index is 720. The molecule has 0 bridgehead atoms. The number of hydrogen-bond acceptors (Lipinski definition) is 3. The number of amides is 1. The van der Waals surface area contributed by atoms with Crippen molar-refractivity contribution < 1.29 is 4.79 Å². The molecular weight excluding hydrogens is 300 g/mol. The van der Waals surface area contributed by atoms with Gasteiger partial charge < -0.3 is 0 Å². The summed E-state index contributed by atoms with van der Waals surface area (Å²) in [5, 5.41) is 0. The van der Waals surface area contributed by atoms with Crippen LogP contribution in [0.2, 0.25) is 0 Å². The maximum absolute atomic E-state index is 12.2. The van der Waals surface area contributed by atoms with E-state index in [1.807, 2.05) is 50.6 Å². The van der Waals surface area contributed by atoms with Gasteiger partial charge in [-0.2, -0.15) is 4.99 Å². The molecular formula is C16H20N2OS2. The first-order valence-electron chi connectivity index (χ1n) is 6.74. The van der Waals surface area contributed by atoms with E-state index in [9.17, 15) is 4.79 Å². The van der Waals surface area contributed by atoms with Gasteiger partial charge in [0.05, 0.1) is 0 Å². The van der Waals surface area contributed by atoms with E-state index in [0.717, 1.165) is 15.4 Å². The molecule has 0 saturated heterocycles. The van der Waals surface area contributed by atoms with Crippen LogP contribution in [-0.4, -0.2) is 16.7 Å². The number of aryl methyl sites for hydroxylation is 1. The second-order valence-corrected chi connectivity index (χ2v) is 7.96. The van der Waals surface area contributed by atoms with Crippen LogP contribution in [0.15, 0.2) is 40.4 Å². The Labute approximate surface area is 133 Å². The van der Waals surface area contributed by atoms with Crippen molar-refractivity contribution in [3.8, 4) is 5.69 Å². The fourth-order valence-electron chi connectivity index (χ4n) is 1.73. The van der Waals surface area contributed by atoms with E-state index in [0.29, 0.717) is 0 Å². The minimum absolute atomic E-state index is 0.0980. The second kappa shape index (κ2) is 6.20. The maximum atomic E-state index is 12.2. The topological polar surface area (TPSA) is 34.4 Å². The number of nitrogens with zero attached hydrogens (tertiary/aromatic N) is 2. The summed E-state index contributed by atoms with van der Waals surface area (Å²) in [6, 6.07) is 8.24. The van der Waals surface area contributed by atoms with Crippen molar-refractivity contribution in [1.29, 1.82) is 0 Å². The Morgan fingerprint density at radius 2 is 2.05 bits per heavy atom. The van der Waals surface area contributed by atoms with Crippen molar-refractivity contribution in [2.75, 3.05) is 6.26 Å². The zero-order valence-corrected chi connectivity index (χ0v) is 14.6. The largest absolute Gasteiger partial charge is 0.292 e. The normalized spacial score (nSPS) is 12.7. The fraction of sp³-hybridized carbons (Fsp3) is 0.375. The van der Waals surface area contributed by atoms with Gasteiger partial charge in [0.2, 0.25) is 0 Å². The van der Waals surface area contributed by atoms with Gasteiger partial charge >= 0.3 is 0 Å². The molecule has 0 N–H and O–H groups in total. The highest BCUT2D eigenvalue weighted by Crippen LogP contribution is 2.19. The van der Waals surface area contributed by atoms with Crippen LogP contribution in [0.25, 0.3) is 5.69 Å². The van der Waals surface area contributed by atoms with Gasteiger partial charge in [-0.3, -0.25) is 9.36 Å². The van der Waals surface area contributed by atoms with Crippen molar-refractivity contribution in [3.05, 3.63) is 40.1 Å². The summed E-state index contributed by atoms with van der Waals surface area (Å²) >= 11 is 3.24. The summed E-state index contributed by atoms with van der Waals surface area (Å²) in [5.74, 6) is -0.0980. The van der Waals surface area contributed by atoms with Crippen LogP contribution in [0, 0.1) is 12.3 Å². The fourth-order valence-corrected chi connectivity index (χ4v) is 3.02. The van der Waals surface area contributed by atoms with Gasteiger partial charge in [0.1, 0.15) is 0 Å². The molecule has 1 heterocycles. The highest BCUT2D eigenvalue weighted by Gasteiger charge is 2.20.